The highest BCUT2D eigenvalue weighted by molar-refractivity contribution is 5.87. The number of furan rings is 1. The molecule has 5 nitrogen and oxygen atoms in total. The molecule has 0 bridgehead atoms. The average Bonchev–Trinajstić information content (AvgIpc) is 2.81. The van der Waals surface area contributed by atoms with Gasteiger partial charge in [0.1, 0.15) is 17.6 Å². The second kappa shape index (κ2) is 4.48. The van der Waals surface area contributed by atoms with Crippen molar-refractivity contribution in [3.05, 3.63) is 23.7 Å². The van der Waals surface area contributed by atoms with E-state index in [1.165, 1.54) is 0 Å². The standard InChI is InChI=1S/C13H17NO4/c1-7(2)14-11(15)6-9(13(16)17)12(14)10-5-4-8(3)18-10/h4-5,7,9,12H,6H2,1-3H3,(H,16,17). The summed E-state index contributed by atoms with van der Waals surface area (Å²) in [4.78, 5) is 24.8. The van der Waals surface area contributed by atoms with Crippen molar-refractivity contribution in [2.45, 2.75) is 39.3 Å². The number of hydrogen-bond donors (Lipinski definition) is 1. The fourth-order valence-corrected chi connectivity index (χ4v) is 2.53. The van der Waals surface area contributed by atoms with Crippen LogP contribution in [0, 0.1) is 12.8 Å². The maximum Gasteiger partial charge on any atom is 0.309 e. The summed E-state index contributed by atoms with van der Waals surface area (Å²) in [6, 6.07) is 3.00. The van der Waals surface area contributed by atoms with Gasteiger partial charge in [-0.05, 0) is 32.9 Å². The van der Waals surface area contributed by atoms with Crippen LogP contribution in [0.2, 0.25) is 0 Å². The summed E-state index contributed by atoms with van der Waals surface area (Å²) in [5.41, 5.74) is 0. The lowest BCUT2D eigenvalue weighted by atomic mass is 9.98. The molecule has 0 aliphatic carbocycles. The maximum atomic E-state index is 11.9. The number of rotatable bonds is 3. The number of nitrogens with zero attached hydrogens (tertiary/aromatic N) is 1. The molecule has 1 amide bonds. The number of carboxylic acids is 1. The summed E-state index contributed by atoms with van der Waals surface area (Å²) in [6.45, 7) is 5.56. The van der Waals surface area contributed by atoms with Crippen LogP contribution in [0.1, 0.15) is 37.8 Å². The van der Waals surface area contributed by atoms with Gasteiger partial charge in [-0.1, -0.05) is 0 Å². The van der Waals surface area contributed by atoms with Gasteiger partial charge in [0.05, 0.1) is 5.92 Å². The molecule has 1 aliphatic heterocycles. The molecule has 1 fully saturated rings. The minimum absolute atomic E-state index is 0.0396. The Morgan fingerprint density at radius 1 is 1.50 bits per heavy atom. The Hall–Kier alpha value is -1.78. The number of aryl methyl sites for hydroxylation is 1. The second-order valence-electron chi connectivity index (χ2n) is 4.94. The topological polar surface area (TPSA) is 70.8 Å². The molecule has 2 heterocycles. The predicted molar refractivity (Wildman–Crippen MR) is 63.9 cm³/mol. The van der Waals surface area contributed by atoms with Gasteiger partial charge in [0.2, 0.25) is 5.91 Å². The average molecular weight is 251 g/mol. The number of aliphatic carboxylic acids is 1. The molecule has 2 unspecified atom stereocenters. The molecule has 0 spiro atoms. The largest absolute Gasteiger partial charge is 0.481 e. The van der Waals surface area contributed by atoms with Crippen molar-refractivity contribution in [3.8, 4) is 0 Å². The Kier molecular flexibility index (Phi) is 3.15. The van der Waals surface area contributed by atoms with Crippen molar-refractivity contribution in [1.82, 2.24) is 4.90 Å². The molecule has 2 atom stereocenters. The molecule has 0 aromatic carbocycles. The van der Waals surface area contributed by atoms with E-state index in [4.69, 9.17) is 4.42 Å². The molecule has 18 heavy (non-hydrogen) atoms. The van der Waals surface area contributed by atoms with Crippen LogP contribution in [0.5, 0.6) is 0 Å². The summed E-state index contributed by atoms with van der Waals surface area (Å²) in [5, 5.41) is 9.25. The number of hydrogen-bond acceptors (Lipinski definition) is 3. The van der Waals surface area contributed by atoms with E-state index in [1.807, 2.05) is 13.8 Å². The van der Waals surface area contributed by atoms with Crippen molar-refractivity contribution in [2.75, 3.05) is 0 Å². The number of likely N-dealkylation sites (tertiary alicyclic amines) is 1. The molecule has 1 N–H and O–H groups in total. The molecule has 2 rings (SSSR count). The predicted octanol–water partition coefficient (Wildman–Crippen LogP) is 1.97. The van der Waals surface area contributed by atoms with E-state index in [1.54, 1.807) is 24.0 Å². The summed E-state index contributed by atoms with van der Waals surface area (Å²) in [7, 11) is 0. The molecule has 0 radical (unpaired) electrons. The molecule has 98 valence electrons. The minimum Gasteiger partial charge on any atom is -0.481 e. The summed E-state index contributed by atoms with van der Waals surface area (Å²) < 4.78 is 5.52. The zero-order valence-electron chi connectivity index (χ0n) is 10.7. The Morgan fingerprint density at radius 2 is 2.17 bits per heavy atom. The normalized spacial score (nSPS) is 24.0. The lowest BCUT2D eigenvalue weighted by molar-refractivity contribution is -0.143. The van der Waals surface area contributed by atoms with E-state index in [-0.39, 0.29) is 18.4 Å². The maximum absolute atomic E-state index is 11.9. The first kappa shape index (κ1) is 12.7. The summed E-state index contributed by atoms with van der Waals surface area (Å²) in [5.74, 6) is -0.538. The summed E-state index contributed by atoms with van der Waals surface area (Å²) >= 11 is 0. The van der Waals surface area contributed by atoms with Crippen molar-refractivity contribution in [3.63, 3.8) is 0 Å². The van der Waals surface area contributed by atoms with Crippen LogP contribution in [0.3, 0.4) is 0 Å². The van der Waals surface area contributed by atoms with E-state index in [0.29, 0.717) is 5.76 Å². The van der Waals surface area contributed by atoms with Crippen LogP contribution >= 0.6 is 0 Å². The van der Waals surface area contributed by atoms with Gasteiger partial charge in [-0.15, -0.1) is 0 Å². The van der Waals surface area contributed by atoms with Gasteiger partial charge in [0, 0.05) is 12.5 Å². The van der Waals surface area contributed by atoms with Crippen molar-refractivity contribution in [2.24, 2.45) is 5.92 Å². The van der Waals surface area contributed by atoms with E-state index >= 15 is 0 Å². The Morgan fingerprint density at radius 3 is 2.61 bits per heavy atom. The van der Waals surface area contributed by atoms with Gasteiger partial charge in [0.15, 0.2) is 0 Å². The van der Waals surface area contributed by atoms with Crippen LogP contribution in [-0.2, 0) is 9.59 Å². The van der Waals surface area contributed by atoms with Crippen molar-refractivity contribution in [1.29, 1.82) is 0 Å². The fourth-order valence-electron chi connectivity index (χ4n) is 2.53. The van der Waals surface area contributed by atoms with Crippen LogP contribution in [0.4, 0.5) is 0 Å². The van der Waals surface area contributed by atoms with Crippen LogP contribution in [0.15, 0.2) is 16.5 Å². The molecule has 1 aromatic rings. The van der Waals surface area contributed by atoms with Crippen LogP contribution < -0.4 is 0 Å². The van der Waals surface area contributed by atoms with E-state index in [9.17, 15) is 14.7 Å². The number of carboxylic acid groups (broad SMARTS) is 1. The highest BCUT2D eigenvalue weighted by Crippen LogP contribution is 2.40. The third-order valence-electron chi connectivity index (χ3n) is 3.29. The fraction of sp³-hybridized carbons (Fsp3) is 0.538. The lowest BCUT2D eigenvalue weighted by Crippen LogP contribution is -2.35. The van der Waals surface area contributed by atoms with E-state index in [0.717, 1.165) is 5.76 Å². The quantitative estimate of drug-likeness (QED) is 0.891. The highest BCUT2D eigenvalue weighted by Gasteiger charge is 2.47. The Labute approximate surface area is 105 Å². The second-order valence-corrected chi connectivity index (χ2v) is 4.94. The zero-order chi connectivity index (χ0) is 13.4. The Bertz CT molecular complexity index is 477. The lowest BCUT2D eigenvalue weighted by Gasteiger charge is -2.28. The third kappa shape index (κ3) is 2.00. The van der Waals surface area contributed by atoms with Gasteiger partial charge in [-0.3, -0.25) is 9.59 Å². The van der Waals surface area contributed by atoms with E-state index < -0.39 is 17.9 Å². The smallest absolute Gasteiger partial charge is 0.309 e. The van der Waals surface area contributed by atoms with Crippen LogP contribution in [-0.4, -0.2) is 27.9 Å². The van der Waals surface area contributed by atoms with Gasteiger partial charge in [0.25, 0.3) is 0 Å². The van der Waals surface area contributed by atoms with Crippen molar-refractivity contribution >= 4 is 11.9 Å². The van der Waals surface area contributed by atoms with Gasteiger partial charge < -0.3 is 14.4 Å². The van der Waals surface area contributed by atoms with Gasteiger partial charge >= 0.3 is 5.97 Å². The summed E-state index contributed by atoms with van der Waals surface area (Å²) in [6.07, 6.45) is 0.0396. The SMILES string of the molecule is Cc1ccc(C2C(C(=O)O)CC(=O)N2C(C)C)o1. The molecular weight excluding hydrogens is 234 g/mol. The van der Waals surface area contributed by atoms with Gasteiger partial charge in [-0.25, -0.2) is 0 Å². The van der Waals surface area contributed by atoms with Crippen LogP contribution in [0.25, 0.3) is 0 Å². The first-order valence-electron chi connectivity index (χ1n) is 6.02. The Balaban J connectivity index is 2.42. The number of carbonyl (C=O) groups is 2. The number of carbonyl (C=O) groups excluding carboxylic acids is 1. The molecule has 1 aliphatic rings. The third-order valence-corrected chi connectivity index (χ3v) is 3.29. The molecule has 5 heteroatoms. The first-order valence-corrected chi connectivity index (χ1v) is 6.02. The van der Waals surface area contributed by atoms with Crippen molar-refractivity contribution < 1.29 is 19.1 Å². The zero-order valence-corrected chi connectivity index (χ0v) is 10.7. The first-order chi connectivity index (χ1) is 8.41. The minimum atomic E-state index is -0.953. The van der Waals surface area contributed by atoms with E-state index in [2.05, 4.69) is 0 Å². The molecule has 1 saturated heterocycles. The number of amides is 1. The molecular formula is C13H17NO4. The monoisotopic (exact) mass is 251 g/mol. The highest BCUT2D eigenvalue weighted by atomic mass is 16.4. The molecule has 0 saturated carbocycles. The molecule has 1 aromatic heterocycles. The van der Waals surface area contributed by atoms with Gasteiger partial charge in [-0.2, -0.15) is 0 Å².